The van der Waals surface area contributed by atoms with Gasteiger partial charge in [-0.15, -0.1) is 0 Å². The van der Waals surface area contributed by atoms with E-state index in [-0.39, 0.29) is 35.8 Å². The lowest BCUT2D eigenvalue weighted by Crippen LogP contribution is -2.21. The number of methoxy groups -OCH3 is 1. The van der Waals surface area contributed by atoms with Gasteiger partial charge in [-0.1, -0.05) is 15.9 Å². The first-order chi connectivity index (χ1) is 15.2. The van der Waals surface area contributed by atoms with Gasteiger partial charge in [0.15, 0.2) is 9.84 Å². The van der Waals surface area contributed by atoms with Crippen LogP contribution >= 0.6 is 15.9 Å². The Morgan fingerprint density at radius 1 is 1.22 bits per heavy atom. The monoisotopic (exact) mass is 524 g/mol. The van der Waals surface area contributed by atoms with E-state index in [0.29, 0.717) is 36.3 Å². The summed E-state index contributed by atoms with van der Waals surface area (Å²) in [5.74, 6) is 0.275. The maximum absolute atomic E-state index is 12.7. The Morgan fingerprint density at radius 3 is 2.62 bits per heavy atom. The summed E-state index contributed by atoms with van der Waals surface area (Å²) in [6, 6.07) is 10.1. The molecule has 1 aliphatic rings. The Balaban J connectivity index is 1.67. The second kappa shape index (κ2) is 10.5. The standard InChI is InChI=1S/C22H25BrN2O6S/c1-25(14-26)11-15-10-18(4-8-21(15)32(28,29)19-5-6-19)24-22(27)13-31-12-16-9-17(23)3-7-20(16)30-2/h3-4,7-10,14,19H,5-6,11-13H2,1-2H3,(H,24,27). The number of rotatable bonds is 11. The molecule has 172 valence electrons. The maximum Gasteiger partial charge on any atom is 0.250 e. The number of carbonyl (C=O) groups excluding carboxylic acids is 2. The van der Waals surface area contributed by atoms with Crippen LogP contribution in [-0.2, 0) is 37.3 Å². The molecule has 2 amide bonds. The number of amides is 2. The third-order valence-electron chi connectivity index (χ3n) is 4.95. The molecule has 0 bridgehead atoms. The second-order valence-corrected chi connectivity index (χ2v) is 10.7. The molecule has 10 heteroatoms. The first kappa shape index (κ1) is 24.2. The van der Waals surface area contributed by atoms with Crippen molar-refractivity contribution in [2.75, 3.05) is 26.1 Å². The minimum absolute atomic E-state index is 0.119. The average Bonchev–Trinajstić information content (AvgIpc) is 3.60. The number of carbonyl (C=O) groups is 2. The van der Waals surface area contributed by atoms with Crippen molar-refractivity contribution in [2.24, 2.45) is 0 Å². The number of halogens is 1. The molecule has 0 aromatic heterocycles. The second-order valence-electron chi connectivity index (χ2n) is 7.58. The third kappa shape index (κ3) is 6.08. The molecular formula is C22H25BrN2O6S. The summed E-state index contributed by atoms with van der Waals surface area (Å²) in [5.41, 5.74) is 1.69. The van der Waals surface area contributed by atoms with Gasteiger partial charge in [-0.3, -0.25) is 9.59 Å². The Bertz CT molecular complexity index is 1100. The molecule has 0 unspecified atom stereocenters. The first-order valence-electron chi connectivity index (χ1n) is 9.97. The fourth-order valence-corrected chi connectivity index (χ4v) is 5.50. The van der Waals surface area contributed by atoms with Gasteiger partial charge in [-0.2, -0.15) is 0 Å². The molecule has 3 rings (SSSR count). The quantitative estimate of drug-likeness (QED) is 0.453. The Kier molecular flexibility index (Phi) is 7.91. The fraction of sp³-hybridized carbons (Fsp3) is 0.364. The summed E-state index contributed by atoms with van der Waals surface area (Å²) < 4.78 is 37.2. The molecule has 1 saturated carbocycles. The van der Waals surface area contributed by atoms with Gasteiger partial charge in [0.1, 0.15) is 12.4 Å². The number of anilines is 1. The highest BCUT2D eigenvalue weighted by Crippen LogP contribution is 2.36. The summed E-state index contributed by atoms with van der Waals surface area (Å²) in [6.07, 6.45) is 1.91. The van der Waals surface area contributed by atoms with Crippen molar-refractivity contribution in [3.05, 3.63) is 52.0 Å². The minimum Gasteiger partial charge on any atom is -0.496 e. The van der Waals surface area contributed by atoms with Crippen LogP contribution < -0.4 is 10.1 Å². The van der Waals surface area contributed by atoms with E-state index in [2.05, 4.69) is 21.2 Å². The van der Waals surface area contributed by atoms with Crippen LogP contribution in [0.1, 0.15) is 24.0 Å². The van der Waals surface area contributed by atoms with Gasteiger partial charge < -0.3 is 19.7 Å². The molecule has 0 spiro atoms. The van der Waals surface area contributed by atoms with Crippen molar-refractivity contribution in [1.82, 2.24) is 4.90 Å². The summed E-state index contributed by atoms with van der Waals surface area (Å²) in [5, 5.41) is 2.35. The Labute approximate surface area is 195 Å². The lowest BCUT2D eigenvalue weighted by molar-refractivity contribution is -0.121. The van der Waals surface area contributed by atoms with Gasteiger partial charge in [0.25, 0.3) is 0 Å². The summed E-state index contributed by atoms with van der Waals surface area (Å²) in [4.78, 5) is 25.0. The SMILES string of the molecule is COc1ccc(Br)cc1COCC(=O)Nc1ccc(S(=O)(=O)C2CC2)c(CN(C)C=O)c1. The van der Waals surface area contributed by atoms with E-state index >= 15 is 0 Å². The highest BCUT2D eigenvalue weighted by molar-refractivity contribution is 9.10. The Morgan fingerprint density at radius 2 is 1.97 bits per heavy atom. The largest absolute Gasteiger partial charge is 0.496 e. The van der Waals surface area contributed by atoms with Crippen molar-refractivity contribution in [3.63, 3.8) is 0 Å². The third-order valence-corrected chi connectivity index (χ3v) is 7.80. The maximum atomic E-state index is 12.7. The van der Waals surface area contributed by atoms with Crippen LogP contribution in [0.5, 0.6) is 5.75 Å². The summed E-state index contributed by atoms with van der Waals surface area (Å²) >= 11 is 3.39. The fourth-order valence-electron chi connectivity index (χ4n) is 3.23. The van der Waals surface area contributed by atoms with Crippen LogP contribution in [-0.4, -0.2) is 51.6 Å². The number of hydrogen-bond donors (Lipinski definition) is 1. The van der Waals surface area contributed by atoms with E-state index in [0.717, 1.165) is 10.0 Å². The van der Waals surface area contributed by atoms with E-state index < -0.39 is 9.84 Å². The predicted molar refractivity (Wildman–Crippen MR) is 123 cm³/mol. The van der Waals surface area contributed by atoms with Crippen molar-refractivity contribution in [1.29, 1.82) is 0 Å². The van der Waals surface area contributed by atoms with Crippen LogP contribution in [0.25, 0.3) is 0 Å². The molecule has 0 atom stereocenters. The molecule has 0 radical (unpaired) electrons. The highest BCUT2D eigenvalue weighted by Gasteiger charge is 2.38. The van der Waals surface area contributed by atoms with Gasteiger partial charge in [-0.25, -0.2) is 8.42 Å². The molecule has 0 saturated heterocycles. The Hall–Kier alpha value is -2.43. The van der Waals surface area contributed by atoms with Crippen LogP contribution in [0.2, 0.25) is 0 Å². The summed E-state index contributed by atoms with van der Waals surface area (Å²) in [7, 11) is -0.319. The zero-order valence-corrected chi connectivity index (χ0v) is 20.2. The first-order valence-corrected chi connectivity index (χ1v) is 12.3. The van der Waals surface area contributed by atoms with Crippen molar-refractivity contribution in [2.45, 2.75) is 36.1 Å². The van der Waals surface area contributed by atoms with Crippen LogP contribution in [0.15, 0.2) is 45.8 Å². The van der Waals surface area contributed by atoms with Crippen molar-refractivity contribution >= 4 is 43.8 Å². The number of hydrogen-bond acceptors (Lipinski definition) is 6. The van der Waals surface area contributed by atoms with Crippen LogP contribution in [0, 0.1) is 0 Å². The van der Waals surface area contributed by atoms with E-state index in [1.807, 2.05) is 12.1 Å². The molecule has 0 aliphatic heterocycles. The lowest BCUT2D eigenvalue weighted by atomic mass is 10.2. The molecule has 1 N–H and O–H groups in total. The predicted octanol–water partition coefficient (Wildman–Crippen LogP) is 3.14. The van der Waals surface area contributed by atoms with Crippen molar-refractivity contribution < 1.29 is 27.5 Å². The average molecular weight is 525 g/mol. The van der Waals surface area contributed by atoms with Gasteiger partial charge in [0.2, 0.25) is 12.3 Å². The number of nitrogens with zero attached hydrogens (tertiary/aromatic N) is 1. The normalized spacial score (nSPS) is 13.5. The molecule has 1 fully saturated rings. The molecule has 8 nitrogen and oxygen atoms in total. The smallest absolute Gasteiger partial charge is 0.250 e. The van der Waals surface area contributed by atoms with Gasteiger partial charge >= 0.3 is 0 Å². The van der Waals surface area contributed by atoms with E-state index in [1.54, 1.807) is 32.4 Å². The molecule has 2 aromatic rings. The van der Waals surface area contributed by atoms with Crippen LogP contribution in [0.4, 0.5) is 5.69 Å². The van der Waals surface area contributed by atoms with Gasteiger partial charge in [-0.05, 0) is 54.8 Å². The van der Waals surface area contributed by atoms with E-state index in [4.69, 9.17) is 9.47 Å². The zero-order valence-electron chi connectivity index (χ0n) is 17.8. The van der Waals surface area contributed by atoms with Crippen molar-refractivity contribution in [3.8, 4) is 5.75 Å². The van der Waals surface area contributed by atoms with Gasteiger partial charge in [0, 0.05) is 29.3 Å². The number of ether oxygens (including phenoxy) is 2. The van der Waals surface area contributed by atoms with Crippen LogP contribution in [0.3, 0.4) is 0 Å². The molecule has 0 heterocycles. The molecule has 1 aliphatic carbocycles. The van der Waals surface area contributed by atoms with Gasteiger partial charge in [0.05, 0.1) is 23.9 Å². The van der Waals surface area contributed by atoms with E-state index in [1.165, 1.54) is 11.0 Å². The highest BCUT2D eigenvalue weighted by atomic mass is 79.9. The topological polar surface area (TPSA) is 102 Å². The molecule has 2 aromatic carbocycles. The number of sulfone groups is 1. The lowest BCUT2D eigenvalue weighted by Gasteiger charge is -2.16. The van der Waals surface area contributed by atoms with E-state index in [9.17, 15) is 18.0 Å². The number of nitrogens with one attached hydrogen (secondary N) is 1. The minimum atomic E-state index is -3.45. The molecule has 32 heavy (non-hydrogen) atoms. The number of benzene rings is 2. The summed E-state index contributed by atoms with van der Waals surface area (Å²) in [6.45, 7) is 0.110. The molecular weight excluding hydrogens is 500 g/mol. The zero-order chi connectivity index (χ0) is 23.3.